The Bertz CT molecular complexity index is 757. The zero-order valence-corrected chi connectivity index (χ0v) is 10.8. The minimum absolute atomic E-state index is 0.588. The summed E-state index contributed by atoms with van der Waals surface area (Å²) in [7, 11) is 0. The molecule has 1 aromatic carbocycles. The number of aldehydes is 1. The van der Waals surface area contributed by atoms with E-state index in [1.807, 2.05) is 38.1 Å². The molecule has 0 spiro atoms. The van der Waals surface area contributed by atoms with Gasteiger partial charge in [0.05, 0.1) is 11.1 Å². The molecular formula is C15H13N3O. The summed E-state index contributed by atoms with van der Waals surface area (Å²) in [6.45, 7) is 3.89. The summed E-state index contributed by atoms with van der Waals surface area (Å²) in [5.74, 6) is 0.683. The molecule has 0 saturated heterocycles. The molecule has 0 atom stereocenters. The molecule has 19 heavy (non-hydrogen) atoms. The van der Waals surface area contributed by atoms with E-state index in [4.69, 9.17) is 0 Å². The first-order valence-corrected chi connectivity index (χ1v) is 6.07. The van der Waals surface area contributed by atoms with Crippen LogP contribution in [0.5, 0.6) is 0 Å². The summed E-state index contributed by atoms with van der Waals surface area (Å²) in [4.78, 5) is 23.0. The van der Waals surface area contributed by atoms with Crippen LogP contribution in [-0.4, -0.2) is 21.2 Å². The lowest BCUT2D eigenvalue weighted by Crippen LogP contribution is -1.94. The number of rotatable bonds is 2. The van der Waals surface area contributed by atoms with Gasteiger partial charge in [0, 0.05) is 17.3 Å². The third-order valence-corrected chi connectivity index (χ3v) is 3.13. The molecule has 0 aliphatic heterocycles. The summed E-state index contributed by atoms with van der Waals surface area (Å²) in [5, 5.41) is 0.782. The minimum Gasteiger partial charge on any atom is -0.345 e. The highest BCUT2D eigenvalue weighted by Crippen LogP contribution is 2.28. The Morgan fingerprint density at radius 2 is 1.84 bits per heavy atom. The fraction of sp³-hybridized carbons (Fsp3) is 0.133. The molecule has 4 nitrogen and oxygen atoms in total. The Hall–Kier alpha value is -2.49. The predicted octanol–water partition coefficient (Wildman–Crippen LogP) is 3.05. The van der Waals surface area contributed by atoms with Crippen molar-refractivity contribution in [2.75, 3.05) is 0 Å². The van der Waals surface area contributed by atoms with Crippen molar-refractivity contribution in [3.63, 3.8) is 0 Å². The molecule has 3 rings (SSSR count). The molecule has 0 saturated carbocycles. The van der Waals surface area contributed by atoms with Crippen molar-refractivity contribution >= 4 is 17.3 Å². The Kier molecular flexibility index (Phi) is 2.63. The molecule has 0 bridgehead atoms. The van der Waals surface area contributed by atoms with E-state index in [2.05, 4.69) is 15.0 Å². The van der Waals surface area contributed by atoms with Crippen molar-refractivity contribution in [2.45, 2.75) is 13.8 Å². The Morgan fingerprint density at radius 3 is 2.53 bits per heavy atom. The van der Waals surface area contributed by atoms with E-state index in [1.54, 1.807) is 6.20 Å². The van der Waals surface area contributed by atoms with Crippen LogP contribution >= 0.6 is 0 Å². The monoisotopic (exact) mass is 251 g/mol. The lowest BCUT2D eigenvalue weighted by atomic mass is 10.1. The highest BCUT2D eigenvalue weighted by Gasteiger charge is 2.13. The Labute approximate surface area is 110 Å². The first-order valence-electron chi connectivity index (χ1n) is 6.07. The number of H-pyrrole nitrogens is 1. The number of aromatic nitrogens is 3. The molecule has 0 amide bonds. The minimum atomic E-state index is 0.588. The fourth-order valence-corrected chi connectivity index (χ4v) is 2.18. The molecule has 0 radical (unpaired) electrons. The van der Waals surface area contributed by atoms with Crippen molar-refractivity contribution in [1.82, 2.24) is 15.0 Å². The zero-order valence-electron chi connectivity index (χ0n) is 10.8. The number of nitrogens with zero attached hydrogens (tertiary/aromatic N) is 2. The third kappa shape index (κ3) is 1.91. The number of aromatic amines is 1. The number of carbonyl (C=O) groups is 1. The van der Waals surface area contributed by atoms with Gasteiger partial charge in [-0.3, -0.25) is 4.79 Å². The van der Waals surface area contributed by atoms with Gasteiger partial charge in [0.2, 0.25) is 0 Å². The standard InChI is InChI=1S/C15H13N3O/c1-9-3-5-11(6-4-9)14-13-12(8-19)7-16-15(13)18-10(2)17-14/h3-8H,1-2H3,(H,16,17,18). The van der Waals surface area contributed by atoms with Gasteiger partial charge in [-0.15, -0.1) is 0 Å². The van der Waals surface area contributed by atoms with Gasteiger partial charge in [0.25, 0.3) is 0 Å². The molecule has 0 fully saturated rings. The number of fused-ring (bicyclic) bond motifs is 1. The smallest absolute Gasteiger partial charge is 0.152 e. The van der Waals surface area contributed by atoms with Crippen LogP contribution in [0.25, 0.3) is 22.3 Å². The molecule has 2 aromatic heterocycles. The third-order valence-electron chi connectivity index (χ3n) is 3.13. The van der Waals surface area contributed by atoms with Crippen molar-refractivity contribution in [3.05, 3.63) is 47.4 Å². The zero-order chi connectivity index (χ0) is 13.4. The number of nitrogens with one attached hydrogen (secondary N) is 1. The van der Waals surface area contributed by atoms with Crippen LogP contribution in [0.2, 0.25) is 0 Å². The summed E-state index contributed by atoms with van der Waals surface area (Å²) in [6.07, 6.45) is 2.50. The van der Waals surface area contributed by atoms with E-state index >= 15 is 0 Å². The largest absolute Gasteiger partial charge is 0.345 e. The van der Waals surface area contributed by atoms with Crippen molar-refractivity contribution in [1.29, 1.82) is 0 Å². The van der Waals surface area contributed by atoms with Crippen LogP contribution < -0.4 is 0 Å². The predicted molar refractivity (Wildman–Crippen MR) is 74.2 cm³/mol. The van der Waals surface area contributed by atoms with Gasteiger partial charge in [-0.2, -0.15) is 0 Å². The first-order chi connectivity index (χ1) is 9.19. The Morgan fingerprint density at radius 1 is 1.11 bits per heavy atom. The van der Waals surface area contributed by atoms with E-state index in [9.17, 15) is 4.79 Å². The summed E-state index contributed by atoms with van der Waals surface area (Å²) in [5.41, 5.74) is 4.26. The van der Waals surface area contributed by atoms with Crippen molar-refractivity contribution in [3.8, 4) is 11.3 Å². The van der Waals surface area contributed by atoms with Gasteiger partial charge in [0.1, 0.15) is 11.5 Å². The van der Waals surface area contributed by atoms with Crippen LogP contribution in [0.1, 0.15) is 21.7 Å². The first kappa shape index (κ1) is 11.6. The molecule has 0 aliphatic rings. The van der Waals surface area contributed by atoms with Gasteiger partial charge < -0.3 is 4.98 Å². The van der Waals surface area contributed by atoms with Gasteiger partial charge in [0.15, 0.2) is 6.29 Å². The van der Waals surface area contributed by atoms with Crippen LogP contribution in [0, 0.1) is 13.8 Å². The molecule has 3 aromatic rings. The summed E-state index contributed by atoms with van der Waals surface area (Å²) in [6, 6.07) is 8.09. The topological polar surface area (TPSA) is 58.6 Å². The van der Waals surface area contributed by atoms with E-state index in [-0.39, 0.29) is 0 Å². The second kappa shape index (κ2) is 4.31. The second-order valence-corrected chi connectivity index (χ2v) is 4.57. The Balaban J connectivity index is 2.35. The molecule has 0 unspecified atom stereocenters. The van der Waals surface area contributed by atoms with Gasteiger partial charge in [-0.1, -0.05) is 29.8 Å². The van der Waals surface area contributed by atoms with Crippen LogP contribution in [0.4, 0.5) is 0 Å². The van der Waals surface area contributed by atoms with E-state index in [0.29, 0.717) is 17.0 Å². The number of hydrogen-bond donors (Lipinski definition) is 1. The maximum absolute atomic E-state index is 11.1. The number of aryl methyl sites for hydroxylation is 2. The maximum atomic E-state index is 11.1. The average Bonchev–Trinajstić information content (AvgIpc) is 2.81. The SMILES string of the molecule is Cc1ccc(-c2nc(C)nc3[nH]cc(C=O)c23)cc1. The lowest BCUT2D eigenvalue weighted by molar-refractivity contribution is 0.112. The van der Waals surface area contributed by atoms with Gasteiger partial charge >= 0.3 is 0 Å². The van der Waals surface area contributed by atoms with Crippen LogP contribution in [0.3, 0.4) is 0 Å². The molecule has 2 heterocycles. The molecular weight excluding hydrogens is 238 g/mol. The van der Waals surface area contributed by atoms with Crippen molar-refractivity contribution in [2.24, 2.45) is 0 Å². The second-order valence-electron chi connectivity index (χ2n) is 4.57. The summed E-state index contributed by atoms with van der Waals surface area (Å²) < 4.78 is 0. The number of benzene rings is 1. The number of carbonyl (C=O) groups excluding carboxylic acids is 1. The van der Waals surface area contributed by atoms with Crippen molar-refractivity contribution < 1.29 is 4.79 Å². The van der Waals surface area contributed by atoms with Crippen LogP contribution in [-0.2, 0) is 0 Å². The van der Waals surface area contributed by atoms with E-state index < -0.39 is 0 Å². The molecule has 4 heteroatoms. The summed E-state index contributed by atoms with van der Waals surface area (Å²) >= 11 is 0. The quantitative estimate of drug-likeness (QED) is 0.712. The molecule has 94 valence electrons. The maximum Gasteiger partial charge on any atom is 0.152 e. The highest BCUT2D eigenvalue weighted by molar-refractivity contribution is 6.03. The van der Waals surface area contributed by atoms with Crippen LogP contribution in [0.15, 0.2) is 30.5 Å². The molecule has 0 aliphatic carbocycles. The molecule has 1 N–H and O–H groups in total. The van der Waals surface area contributed by atoms with E-state index in [1.165, 1.54) is 5.56 Å². The fourth-order valence-electron chi connectivity index (χ4n) is 2.18. The van der Waals surface area contributed by atoms with Gasteiger partial charge in [-0.05, 0) is 13.8 Å². The number of hydrogen-bond acceptors (Lipinski definition) is 3. The highest BCUT2D eigenvalue weighted by atomic mass is 16.1. The lowest BCUT2D eigenvalue weighted by Gasteiger charge is -2.05. The average molecular weight is 251 g/mol. The van der Waals surface area contributed by atoms with E-state index in [0.717, 1.165) is 22.9 Å². The van der Waals surface area contributed by atoms with Gasteiger partial charge in [-0.25, -0.2) is 9.97 Å². The normalized spacial score (nSPS) is 10.8.